The zero-order valence-electron chi connectivity index (χ0n) is 10.1. The molecule has 0 bridgehead atoms. The van der Waals surface area contributed by atoms with Crippen molar-refractivity contribution in [1.82, 2.24) is 0 Å². The van der Waals surface area contributed by atoms with Crippen LogP contribution in [0.25, 0.3) is 0 Å². The maximum Gasteiger partial charge on any atom is 0.303 e. The van der Waals surface area contributed by atoms with Crippen molar-refractivity contribution in [2.45, 2.75) is 51.7 Å². The smallest absolute Gasteiger partial charge is 0.303 e. The maximum atomic E-state index is 10.9. The molecule has 7 heteroatoms. The molecule has 98 valence electrons. The van der Waals surface area contributed by atoms with E-state index in [1.807, 2.05) is 0 Å². The van der Waals surface area contributed by atoms with E-state index in [2.05, 4.69) is 0 Å². The fraction of sp³-hybridized carbons (Fsp3) is 0.900. The van der Waals surface area contributed by atoms with Crippen molar-refractivity contribution >= 4 is 5.97 Å². The Morgan fingerprint density at radius 2 is 2.24 bits per heavy atom. The second kappa shape index (κ2) is 5.92. The SMILES string of the molecule is CCO[C@H]1O[C@H](C)[C@@H]([N+](=O)[O-])C[C@@H]1OC(C)=O. The Morgan fingerprint density at radius 3 is 2.71 bits per heavy atom. The van der Waals surface area contributed by atoms with Gasteiger partial charge in [-0.25, -0.2) is 0 Å². The van der Waals surface area contributed by atoms with Crippen LogP contribution >= 0.6 is 0 Å². The van der Waals surface area contributed by atoms with Crippen molar-refractivity contribution in [1.29, 1.82) is 0 Å². The molecular weight excluding hydrogens is 230 g/mol. The summed E-state index contributed by atoms with van der Waals surface area (Å²) < 4.78 is 15.6. The Bertz CT molecular complexity index is 295. The average molecular weight is 247 g/mol. The Kier molecular flexibility index (Phi) is 4.83. The molecule has 4 atom stereocenters. The molecule has 1 saturated heterocycles. The topological polar surface area (TPSA) is 87.9 Å². The first-order valence-corrected chi connectivity index (χ1v) is 5.53. The number of rotatable bonds is 4. The third kappa shape index (κ3) is 3.64. The molecule has 0 aromatic carbocycles. The van der Waals surface area contributed by atoms with E-state index in [4.69, 9.17) is 14.2 Å². The van der Waals surface area contributed by atoms with Crippen molar-refractivity contribution < 1.29 is 23.9 Å². The number of carbonyl (C=O) groups excluding carboxylic acids is 1. The third-order valence-corrected chi connectivity index (χ3v) is 2.59. The number of hydrogen-bond donors (Lipinski definition) is 0. The van der Waals surface area contributed by atoms with Crippen LogP contribution in [-0.2, 0) is 19.0 Å². The number of ether oxygens (including phenoxy) is 3. The number of hydrogen-bond acceptors (Lipinski definition) is 6. The van der Waals surface area contributed by atoms with Gasteiger partial charge in [0, 0.05) is 18.5 Å². The lowest BCUT2D eigenvalue weighted by atomic mass is 10.0. The van der Waals surface area contributed by atoms with Gasteiger partial charge in [0.05, 0.1) is 6.42 Å². The van der Waals surface area contributed by atoms with E-state index in [1.54, 1.807) is 13.8 Å². The number of carbonyl (C=O) groups is 1. The van der Waals surface area contributed by atoms with Crippen molar-refractivity contribution in [2.75, 3.05) is 6.61 Å². The van der Waals surface area contributed by atoms with Gasteiger partial charge in [-0.15, -0.1) is 0 Å². The van der Waals surface area contributed by atoms with Crippen molar-refractivity contribution in [3.8, 4) is 0 Å². The van der Waals surface area contributed by atoms with Crippen LogP contribution in [0, 0.1) is 10.1 Å². The monoisotopic (exact) mass is 247 g/mol. The van der Waals surface area contributed by atoms with E-state index in [-0.39, 0.29) is 6.42 Å². The molecule has 0 radical (unpaired) electrons. The second-order valence-corrected chi connectivity index (χ2v) is 3.90. The fourth-order valence-corrected chi connectivity index (χ4v) is 1.82. The summed E-state index contributed by atoms with van der Waals surface area (Å²) in [6.45, 7) is 5.03. The highest BCUT2D eigenvalue weighted by Gasteiger charge is 2.44. The quantitative estimate of drug-likeness (QED) is 0.413. The Balaban J connectivity index is 2.73. The van der Waals surface area contributed by atoms with Gasteiger partial charge in [0.25, 0.3) is 0 Å². The highest BCUT2D eigenvalue weighted by atomic mass is 16.7. The number of nitro groups is 1. The lowest BCUT2D eigenvalue weighted by Crippen LogP contribution is -2.51. The Morgan fingerprint density at radius 1 is 1.59 bits per heavy atom. The predicted octanol–water partition coefficient (Wildman–Crippen LogP) is 0.735. The molecule has 1 aliphatic rings. The van der Waals surface area contributed by atoms with Crippen LogP contribution in [0.1, 0.15) is 27.2 Å². The van der Waals surface area contributed by atoms with Gasteiger partial charge >= 0.3 is 5.97 Å². The van der Waals surface area contributed by atoms with Gasteiger partial charge in [0.2, 0.25) is 6.04 Å². The van der Waals surface area contributed by atoms with E-state index in [1.165, 1.54) is 6.92 Å². The van der Waals surface area contributed by atoms with Crippen LogP contribution in [0.4, 0.5) is 0 Å². The van der Waals surface area contributed by atoms with Gasteiger partial charge in [0.1, 0.15) is 6.10 Å². The summed E-state index contributed by atoms with van der Waals surface area (Å²) in [4.78, 5) is 21.3. The van der Waals surface area contributed by atoms with Gasteiger partial charge in [0.15, 0.2) is 12.4 Å². The van der Waals surface area contributed by atoms with Gasteiger partial charge < -0.3 is 14.2 Å². The Hall–Kier alpha value is -1.21. The van der Waals surface area contributed by atoms with Crippen LogP contribution in [0.5, 0.6) is 0 Å². The minimum absolute atomic E-state index is 0.110. The largest absolute Gasteiger partial charge is 0.457 e. The average Bonchev–Trinajstić information content (AvgIpc) is 2.21. The number of nitrogens with zero attached hydrogens (tertiary/aromatic N) is 1. The fourth-order valence-electron chi connectivity index (χ4n) is 1.82. The summed E-state index contributed by atoms with van der Waals surface area (Å²) in [5, 5.41) is 10.8. The van der Waals surface area contributed by atoms with Crippen molar-refractivity contribution in [3.05, 3.63) is 10.1 Å². The van der Waals surface area contributed by atoms with Crippen molar-refractivity contribution in [2.24, 2.45) is 0 Å². The molecular formula is C10H17NO6. The molecule has 0 N–H and O–H groups in total. The summed E-state index contributed by atoms with van der Waals surface area (Å²) in [6, 6.07) is -0.879. The highest BCUT2D eigenvalue weighted by molar-refractivity contribution is 5.66. The summed E-state index contributed by atoms with van der Waals surface area (Å²) in [5.74, 6) is -0.500. The summed E-state index contributed by atoms with van der Waals surface area (Å²) in [5.41, 5.74) is 0. The lowest BCUT2D eigenvalue weighted by molar-refractivity contribution is -0.548. The van der Waals surface area contributed by atoms with Gasteiger partial charge in [-0.1, -0.05) is 0 Å². The van der Waals surface area contributed by atoms with E-state index < -0.39 is 35.4 Å². The van der Waals surface area contributed by atoms with Gasteiger partial charge in [-0.3, -0.25) is 14.9 Å². The van der Waals surface area contributed by atoms with E-state index >= 15 is 0 Å². The van der Waals surface area contributed by atoms with Crippen LogP contribution in [0.2, 0.25) is 0 Å². The predicted molar refractivity (Wildman–Crippen MR) is 56.9 cm³/mol. The zero-order chi connectivity index (χ0) is 13.0. The molecule has 1 fully saturated rings. The van der Waals surface area contributed by atoms with Gasteiger partial charge in [-0.2, -0.15) is 0 Å². The van der Waals surface area contributed by atoms with E-state index in [9.17, 15) is 14.9 Å². The van der Waals surface area contributed by atoms with Crippen LogP contribution in [-0.4, -0.2) is 42.0 Å². The Labute approximate surface area is 99.2 Å². The molecule has 0 aromatic heterocycles. The summed E-state index contributed by atoms with van der Waals surface area (Å²) >= 11 is 0. The van der Waals surface area contributed by atoms with Crippen molar-refractivity contribution in [3.63, 3.8) is 0 Å². The van der Waals surface area contributed by atoms with Crippen LogP contribution in [0.15, 0.2) is 0 Å². The first-order valence-electron chi connectivity index (χ1n) is 5.53. The molecule has 0 aromatic rings. The molecule has 0 saturated carbocycles. The minimum Gasteiger partial charge on any atom is -0.457 e. The lowest BCUT2D eigenvalue weighted by Gasteiger charge is -2.35. The van der Waals surface area contributed by atoms with E-state index in [0.717, 1.165) is 0 Å². The van der Waals surface area contributed by atoms with Crippen LogP contribution < -0.4 is 0 Å². The highest BCUT2D eigenvalue weighted by Crippen LogP contribution is 2.25. The van der Waals surface area contributed by atoms with Crippen LogP contribution in [0.3, 0.4) is 0 Å². The molecule has 0 unspecified atom stereocenters. The normalized spacial score (nSPS) is 33.1. The third-order valence-electron chi connectivity index (χ3n) is 2.59. The molecule has 1 heterocycles. The molecule has 0 spiro atoms. The number of esters is 1. The molecule has 0 amide bonds. The molecule has 1 aliphatic heterocycles. The molecule has 7 nitrogen and oxygen atoms in total. The zero-order valence-corrected chi connectivity index (χ0v) is 10.1. The second-order valence-electron chi connectivity index (χ2n) is 3.90. The molecule has 0 aliphatic carbocycles. The molecule has 1 rings (SSSR count). The molecule has 17 heavy (non-hydrogen) atoms. The maximum absolute atomic E-state index is 10.9. The van der Waals surface area contributed by atoms with Gasteiger partial charge in [-0.05, 0) is 13.8 Å². The first kappa shape index (κ1) is 13.9. The summed E-state index contributed by atoms with van der Waals surface area (Å²) in [7, 11) is 0. The summed E-state index contributed by atoms with van der Waals surface area (Å²) in [6.07, 6.45) is -1.90. The van der Waals surface area contributed by atoms with E-state index in [0.29, 0.717) is 6.61 Å². The first-order chi connectivity index (χ1) is 7.95. The minimum atomic E-state index is -0.879. The standard InChI is InChI=1S/C10H17NO6/c1-4-15-10-9(17-7(3)12)5-8(11(13)14)6(2)16-10/h6,8-10H,4-5H2,1-3H3/t6-,8+,9+,10+/m1/s1.